The molecule has 10 aromatic carbocycles. The lowest BCUT2D eigenvalue weighted by atomic mass is 9.96. The third kappa shape index (κ3) is 20.6. The van der Waals surface area contributed by atoms with E-state index in [0.717, 1.165) is 54.9 Å². The van der Waals surface area contributed by atoms with Gasteiger partial charge in [-0.15, -0.1) is 0 Å². The molecule has 3 heterocycles. The Kier molecular flexibility index (Phi) is 27.9. The fourth-order valence-corrected chi connectivity index (χ4v) is 18.9. The summed E-state index contributed by atoms with van der Waals surface area (Å²) in [4.78, 5) is 0. The van der Waals surface area contributed by atoms with Crippen LogP contribution >= 0.6 is 0 Å². The van der Waals surface area contributed by atoms with Crippen LogP contribution in [-0.4, -0.2) is 130 Å². The second-order valence-corrected chi connectivity index (χ2v) is 32.7. The van der Waals surface area contributed by atoms with Gasteiger partial charge in [0, 0.05) is 0 Å². The highest BCUT2D eigenvalue weighted by Gasteiger charge is 2.56. The number of ether oxygens (including phenoxy) is 13. The summed E-state index contributed by atoms with van der Waals surface area (Å²) in [5.74, 6) is 0. The smallest absolute Gasteiger partial charge is 0.261 e. The minimum Gasteiger partial charge on any atom is -0.405 e. The van der Waals surface area contributed by atoms with Crippen LogP contribution in [0.15, 0.2) is 303 Å². The van der Waals surface area contributed by atoms with Crippen molar-refractivity contribution in [2.75, 3.05) is 19.8 Å². The van der Waals surface area contributed by atoms with E-state index < -0.39 is 105 Å². The topological polar surface area (TPSA) is 170 Å². The maximum absolute atomic E-state index is 11.8. The van der Waals surface area contributed by atoms with Crippen LogP contribution in [-0.2, 0) is 119 Å². The first kappa shape index (κ1) is 77.0. The summed E-state index contributed by atoms with van der Waals surface area (Å²) in [7, 11) is -3.27. The molecule has 0 aliphatic carbocycles. The van der Waals surface area contributed by atoms with Crippen LogP contribution in [0.1, 0.15) is 65.3 Å². The number of aliphatic hydroxyl groups excluding tert-OH is 2. The molecule has 17 heteroatoms. The Morgan fingerprint density at radius 1 is 0.262 bits per heavy atom. The van der Waals surface area contributed by atoms with Crippen LogP contribution in [0.2, 0.25) is 5.04 Å². The molecule has 3 aliphatic heterocycles. The van der Waals surface area contributed by atoms with Crippen LogP contribution in [0.3, 0.4) is 0 Å². The minimum atomic E-state index is -3.27. The summed E-state index contributed by atoms with van der Waals surface area (Å²) in [5.41, 5.74) is 7.26. The summed E-state index contributed by atoms with van der Waals surface area (Å²) >= 11 is 0. The van der Waals surface area contributed by atoms with Crippen LogP contribution in [0.25, 0.3) is 0 Å². The Morgan fingerprint density at radius 3 is 0.766 bits per heavy atom. The first-order valence-electron chi connectivity index (χ1n) is 37.1. The van der Waals surface area contributed by atoms with Crippen LogP contribution in [0, 0.1) is 0 Å². The van der Waals surface area contributed by atoms with Gasteiger partial charge in [-0.25, -0.2) is 0 Å². The van der Waals surface area contributed by atoms with Crippen molar-refractivity contribution in [2.45, 2.75) is 171 Å². The van der Waals surface area contributed by atoms with Crippen LogP contribution in [0.4, 0.5) is 0 Å². The molecule has 0 aromatic heterocycles. The van der Waals surface area contributed by atoms with Crippen LogP contribution in [0.5, 0.6) is 0 Å². The zero-order valence-corrected chi connectivity index (χ0v) is 61.9. The molecule has 107 heavy (non-hydrogen) atoms. The van der Waals surface area contributed by atoms with Crippen molar-refractivity contribution in [1.29, 1.82) is 0 Å². The summed E-state index contributed by atoms with van der Waals surface area (Å²) in [5, 5.41) is 25.4. The van der Waals surface area contributed by atoms with Crippen molar-refractivity contribution in [1.82, 2.24) is 0 Å². The Bertz CT molecular complexity index is 4090. The van der Waals surface area contributed by atoms with Gasteiger partial charge < -0.3 is 76.2 Å². The lowest BCUT2D eigenvalue weighted by molar-refractivity contribution is -0.359. The normalized spacial score (nSPS) is 24.7. The summed E-state index contributed by atoms with van der Waals surface area (Å²) in [6.07, 6.45) is -16.2. The molecule has 2 N–H and O–H groups in total. The maximum atomic E-state index is 11.8. The van der Waals surface area contributed by atoms with Gasteiger partial charge in [0.1, 0.15) is 73.2 Å². The van der Waals surface area contributed by atoms with Gasteiger partial charge in [0.15, 0.2) is 18.9 Å². The average Bonchev–Trinajstić information content (AvgIpc) is 0.937. The lowest BCUT2D eigenvalue weighted by Crippen LogP contribution is -2.68. The molecular weight excluding hydrogens is 1370 g/mol. The van der Waals surface area contributed by atoms with E-state index in [1.54, 1.807) is 0 Å². The van der Waals surface area contributed by atoms with E-state index >= 15 is 0 Å². The van der Waals surface area contributed by atoms with E-state index in [9.17, 15) is 10.2 Å². The van der Waals surface area contributed by atoms with Gasteiger partial charge in [-0.2, -0.15) is 0 Å². The van der Waals surface area contributed by atoms with Gasteiger partial charge in [-0.1, -0.05) is 324 Å². The van der Waals surface area contributed by atoms with E-state index in [2.05, 4.69) is 69.3 Å². The maximum Gasteiger partial charge on any atom is 0.261 e. The van der Waals surface area contributed by atoms with E-state index in [0.29, 0.717) is 0 Å². The third-order valence-electron chi connectivity index (χ3n) is 19.8. The molecule has 15 atom stereocenters. The van der Waals surface area contributed by atoms with E-state index in [1.165, 1.54) is 0 Å². The molecule has 3 aliphatic rings. The molecule has 0 amide bonds. The molecule has 2 unspecified atom stereocenters. The van der Waals surface area contributed by atoms with Gasteiger partial charge in [-0.05, 0) is 59.9 Å². The standard InChI is InChI=1S/C90H98O16Si/c1-90(2,3)107(73-50-30-12-31-51-73,74-52-32-13-33-53-74)103-64-77-81(95-56-67-38-18-6-19-39-67)84(98-59-70-44-24-9-25-45-70)86(100-61-72-48-28-11-29-49-72)89(106-77)102-63-76-80(94-55-66-36-16-5-17-37-66)83(97-58-69-42-22-8-23-43-69)85(99-60-71-46-26-10-27-47-71)88(105-76)101-62-75-79(93-54-65-34-14-4-15-35-65)82(78(91)87(92)104-75)96-57-68-40-20-7-21-41-68/h4-53,75-89,91-92H,54-64H2,1-3H3/t75-,76-,77-,78-,79-,80-,81-,82-,83+,84+,85-,86-,87+,88?,89?/m1/s1. The molecule has 0 saturated carbocycles. The van der Waals surface area contributed by atoms with Gasteiger partial charge in [-0.3, -0.25) is 0 Å². The molecule has 0 spiro atoms. The van der Waals surface area contributed by atoms with E-state index in [-0.39, 0.29) is 72.7 Å². The van der Waals surface area contributed by atoms with Crippen molar-refractivity contribution in [3.8, 4) is 0 Å². The number of rotatable bonds is 35. The Morgan fingerprint density at radius 2 is 0.486 bits per heavy atom. The monoisotopic (exact) mass is 1460 g/mol. The third-order valence-corrected chi connectivity index (χ3v) is 24.8. The fraction of sp³-hybridized carbons (Fsp3) is 0.333. The minimum absolute atomic E-state index is 0.0564. The van der Waals surface area contributed by atoms with Crippen molar-refractivity contribution < 1.29 is 76.2 Å². The Balaban J connectivity index is 0.904. The van der Waals surface area contributed by atoms with E-state index in [4.69, 9.17) is 66.0 Å². The van der Waals surface area contributed by atoms with E-state index in [1.807, 2.05) is 255 Å². The second-order valence-electron chi connectivity index (χ2n) is 28.4. The molecule has 16 nitrogen and oxygen atoms in total. The zero-order valence-electron chi connectivity index (χ0n) is 60.9. The van der Waals surface area contributed by atoms with Crippen molar-refractivity contribution >= 4 is 18.7 Å². The SMILES string of the molecule is CC(C)(C)[Si](OC[C@H]1OC(OC[C@H]2OC(OC[C@H]3O[C@H](O)[C@H](O)[C@@H](OCc4ccccc4)[C@@H]3OCc3ccccc3)[C@H](OCc3ccccc3)[C@@H](OCc3ccccc3)[C@@H]2OCc2ccccc2)[C@H](OCc2ccccc2)[C@@H](OCc2ccccc2)[C@@H]1OCc1ccccc1)(c1ccccc1)c1ccccc1. The molecule has 0 radical (unpaired) electrons. The first-order chi connectivity index (χ1) is 52.5. The van der Waals surface area contributed by atoms with Crippen molar-refractivity contribution in [3.63, 3.8) is 0 Å². The highest BCUT2D eigenvalue weighted by Crippen LogP contribution is 2.40. The van der Waals surface area contributed by atoms with Gasteiger partial charge in [0.2, 0.25) is 0 Å². The molecule has 0 bridgehead atoms. The molecule has 13 rings (SSSR count). The fourth-order valence-electron chi connectivity index (χ4n) is 14.3. The molecule has 3 fully saturated rings. The second kappa shape index (κ2) is 38.7. The zero-order chi connectivity index (χ0) is 73.5. The van der Waals surface area contributed by atoms with Crippen molar-refractivity contribution in [2.24, 2.45) is 0 Å². The highest BCUT2D eigenvalue weighted by atomic mass is 28.4. The summed E-state index contributed by atoms with van der Waals surface area (Å²) < 4.78 is 101. The van der Waals surface area contributed by atoms with Gasteiger partial charge in [0.05, 0.1) is 72.7 Å². The molecular formula is C90H98O16Si. The molecule has 558 valence electrons. The van der Waals surface area contributed by atoms with Gasteiger partial charge in [0.25, 0.3) is 8.32 Å². The number of benzene rings is 10. The largest absolute Gasteiger partial charge is 0.405 e. The number of hydrogen-bond acceptors (Lipinski definition) is 16. The quantitative estimate of drug-likeness (QED) is 0.0359. The van der Waals surface area contributed by atoms with Gasteiger partial charge >= 0.3 is 0 Å². The highest BCUT2D eigenvalue weighted by molar-refractivity contribution is 6.99. The lowest BCUT2D eigenvalue weighted by Gasteiger charge is -2.49. The predicted molar refractivity (Wildman–Crippen MR) is 410 cm³/mol. The average molecular weight is 1460 g/mol. The molecule has 10 aromatic rings. The first-order valence-corrected chi connectivity index (χ1v) is 39.0. The van der Waals surface area contributed by atoms with Crippen molar-refractivity contribution in [3.05, 3.63) is 348 Å². The summed E-state index contributed by atoms with van der Waals surface area (Å²) in [6.45, 7) is 7.61. The predicted octanol–water partition coefficient (Wildman–Crippen LogP) is 13.8. The Labute approximate surface area is 630 Å². The molecule has 3 saturated heterocycles. The summed E-state index contributed by atoms with van der Waals surface area (Å²) in [6, 6.07) is 100. The number of hydrogen-bond donors (Lipinski definition) is 2. The van der Waals surface area contributed by atoms with Crippen LogP contribution < -0.4 is 10.4 Å². The number of aliphatic hydroxyl groups is 2. The Hall–Kier alpha value is -8.22.